The molecule has 0 saturated carbocycles. The maximum atomic E-state index is 11.9. The van der Waals surface area contributed by atoms with E-state index < -0.39 is 11.9 Å². The first-order chi connectivity index (χ1) is 20.2. The molecule has 0 aliphatic carbocycles. The van der Waals surface area contributed by atoms with Gasteiger partial charge in [-0.3, -0.25) is 29.0 Å². The normalized spacial score (nSPS) is 18.1. The van der Waals surface area contributed by atoms with E-state index in [0.29, 0.717) is 11.7 Å². The Labute approximate surface area is 243 Å². The minimum atomic E-state index is -1.06. The van der Waals surface area contributed by atoms with Gasteiger partial charge in [0.2, 0.25) is 0 Å². The highest BCUT2D eigenvalue weighted by molar-refractivity contribution is 6.15. The molecule has 0 radical (unpaired) electrons. The molecule has 42 heavy (non-hydrogen) atoms. The molecule has 3 heterocycles. The highest BCUT2D eigenvalue weighted by atomic mass is 16.4. The maximum Gasteiger partial charge on any atom is 0.323 e. The highest BCUT2D eigenvalue weighted by Gasteiger charge is 2.29. The van der Waals surface area contributed by atoms with Gasteiger partial charge in [-0.1, -0.05) is 60.7 Å². The second-order valence-corrected chi connectivity index (χ2v) is 9.27. The number of carbonyl (C=O) groups excluding carboxylic acids is 2. The van der Waals surface area contributed by atoms with E-state index in [-0.39, 0.29) is 36.3 Å². The zero-order chi connectivity index (χ0) is 30.5. The number of rotatable bonds is 6. The van der Waals surface area contributed by atoms with Crippen molar-refractivity contribution < 1.29 is 29.4 Å². The van der Waals surface area contributed by atoms with E-state index in [2.05, 4.69) is 20.6 Å². The Morgan fingerprint density at radius 3 is 1.31 bits per heavy atom. The molecule has 12 heteroatoms. The molecule has 4 N–H and O–H groups in total. The molecule has 2 aromatic carbocycles. The van der Waals surface area contributed by atoms with Crippen molar-refractivity contribution in [3.05, 3.63) is 83.2 Å². The Hall–Kier alpha value is -4.94. The van der Waals surface area contributed by atoms with Gasteiger partial charge in [0.05, 0.1) is 0 Å². The molecule has 0 spiro atoms. The van der Waals surface area contributed by atoms with Gasteiger partial charge in [0.1, 0.15) is 36.2 Å². The first kappa shape index (κ1) is 31.6. The van der Waals surface area contributed by atoms with Gasteiger partial charge in [0.25, 0.3) is 11.8 Å². The fraction of sp³-hybridized carbons (Fsp3) is 0.267. The monoisotopic (exact) mass is 574 g/mol. The summed E-state index contributed by atoms with van der Waals surface area (Å²) in [6, 6.07) is 18.6. The third kappa shape index (κ3) is 9.61. The fourth-order valence-corrected chi connectivity index (χ4v) is 3.98. The summed E-state index contributed by atoms with van der Waals surface area (Å²) in [7, 11) is 0. The van der Waals surface area contributed by atoms with Crippen molar-refractivity contribution in [1.82, 2.24) is 20.4 Å². The number of hydrogen-bond acceptors (Lipinski definition) is 8. The number of piperazine rings is 1. The summed E-state index contributed by atoms with van der Waals surface area (Å²) in [5.41, 5.74) is 2.24. The maximum absolute atomic E-state index is 11.9. The molecule has 1 saturated heterocycles. The Bertz CT molecular complexity index is 1280. The van der Waals surface area contributed by atoms with Crippen molar-refractivity contribution in [2.24, 2.45) is 9.98 Å². The van der Waals surface area contributed by atoms with Gasteiger partial charge >= 0.3 is 11.9 Å². The average molecular weight is 575 g/mol. The van der Waals surface area contributed by atoms with Crippen molar-refractivity contribution >= 4 is 47.6 Å². The van der Waals surface area contributed by atoms with Crippen LogP contribution in [0.15, 0.2) is 82.0 Å². The van der Waals surface area contributed by atoms with Gasteiger partial charge in [0.15, 0.2) is 0 Å². The van der Waals surface area contributed by atoms with Gasteiger partial charge in [0, 0.05) is 26.2 Å². The molecular formula is C30H34N6O6. The van der Waals surface area contributed by atoms with Crippen LogP contribution in [-0.4, -0.2) is 94.7 Å². The van der Waals surface area contributed by atoms with Gasteiger partial charge in [-0.25, -0.2) is 9.98 Å². The van der Waals surface area contributed by atoms with Crippen molar-refractivity contribution in [1.29, 1.82) is 0 Å². The third-order valence-corrected chi connectivity index (χ3v) is 6.02. The molecule has 0 aromatic heterocycles. The van der Waals surface area contributed by atoms with Crippen molar-refractivity contribution in [3.8, 4) is 0 Å². The number of carboxylic acids is 2. The molecule has 2 aromatic rings. The standard InChI is InChI=1S/2C13H12N2O3.C4H10N2/c2*1-9-14-11(7-10-5-3-2-4-6-10)13(18)15(9)8-12(16)17;1-2-6-4-3-5-1/h2*2-7H,8H2,1H3,(H,16,17);5-6H,1-4H2/b2*11-7+;. The number of nitrogens with one attached hydrogen (secondary N) is 2. The smallest absolute Gasteiger partial charge is 0.323 e. The SMILES string of the molecule is C1CNCCN1.CC1=N/C(=C/c2ccccc2)C(=O)N1CC(=O)O.CC1=N/C(=C/c2ccccc2)C(=O)N1CC(=O)O. The van der Waals surface area contributed by atoms with Crippen LogP contribution in [0.4, 0.5) is 0 Å². The number of aliphatic carboxylic acids is 2. The Balaban J connectivity index is 0.000000192. The fourth-order valence-electron chi connectivity index (χ4n) is 3.98. The number of benzene rings is 2. The highest BCUT2D eigenvalue weighted by Crippen LogP contribution is 2.19. The second kappa shape index (κ2) is 15.7. The number of carboxylic acid groups (broad SMARTS) is 2. The van der Waals surface area contributed by atoms with Crippen LogP contribution in [0.2, 0.25) is 0 Å². The molecule has 0 atom stereocenters. The predicted octanol–water partition coefficient (Wildman–Crippen LogP) is 1.92. The number of carbonyl (C=O) groups is 4. The Kier molecular flexibility index (Phi) is 11.8. The minimum absolute atomic E-state index is 0.264. The molecule has 0 unspecified atom stereocenters. The lowest BCUT2D eigenvalue weighted by molar-refractivity contribution is -0.140. The Morgan fingerprint density at radius 1 is 0.690 bits per heavy atom. The molecule has 5 rings (SSSR count). The van der Waals surface area contributed by atoms with Gasteiger partial charge in [-0.2, -0.15) is 0 Å². The summed E-state index contributed by atoms with van der Waals surface area (Å²) in [5, 5.41) is 23.9. The summed E-state index contributed by atoms with van der Waals surface area (Å²) in [6.07, 6.45) is 3.29. The second-order valence-electron chi connectivity index (χ2n) is 9.27. The van der Waals surface area contributed by atoms with Gasteiger partial charge in [-0.05, 0) is 37.1 Å². The minimum Gasteiger partial charge on any atom is -0.480 e. The van der Waals surface area contributed by atoms with E-state index in [0.717, 1.165) is 47.1 Å². The average Bonchev–Trinajstić information content (AvgIpc) is 3.39. The first-order valence-corrected chi connectivity index (χ1v) is 13.3. The summed E-state index contributed by atoms with van der Waals surface area (Å²) < 4.78 is 0. The van der Waals surface area contributed by atoms with Gasteiger partial charge < -0.3 is 20.8 Å². The summed E-state index contributed by atoms with van der Waals surface area (Å²) >= 11 is 0. The van der Waals surface area contributed by atoms with Crippen molar-refractivity contribution in [2.75, 3.05) is 39.3 Å². The van der Waals surface area contributed by atoms with Crippen molar-refractivity contribution in [2.45, 2.75) is 13.8 Å². The van der Waals surface area contributed by atoms with Crippen LogP contribution in [0.5, 0.6) is 0 Å². The number of amidine groups is 2. The van der Waals surface area contributed by atoms with Crippen LogP contribution in [-0.2, 0) is 19.2 Å². The van der Waals surface area contributed by atoms with Crippen LogP contribution < -0.4 is 10.6 Å². The lowest BCUT2D eigenvalue weighted by Gasteiger charge is -2.11. The molecule has 220 valence electrons. The van der Waals surface area contributed by atoms with Gasteiger partial charge in [-0.15, -0.1) is 0 Å². The lowest BCUT2D eigenvalue weighted by Crippen LogP contribution is -2.39. The van der Waals surface area contributed by atoms with Crippen LogP contribution in [0.1, 0.15) is 25.0 Å². The number of hydrogen-bond donors (Lipinski definition) is 4. The molecule has 3 aliphatic heterocycles. The van der Waals surface area contributed by atoms with E-state index in [9.17, 15) is 19.2 Å². The molecular weight excluding hydrogens is 540 g/mol. The van der Waals surface area contributed by atoms with E-state index in [4.69, 9.17) is 10.2 Å². The van der Waals surface area contributed by atoms with Crippen LogP contribution in [0.25, 0.3) is 12.2 Å². The van der Waals surface area contributed by atoms with E-state index in [1.807, 2.05) is 60.7 Å². The van der Waals surface area contributed by atoms with E-state index in [1.165, 1.54) is 0 Å². The predicted molar refractivity (Wildman–Crippen MR) is 159 cm³/mol. The summed E-state index contributed by atoms with van der Waals surface area (Å²) in [6.45, 7) is 7.07. The Morgan fingerprint density at radius 2 is 1.02 bits per heavy atom. The summed E-state index contributed by atoms with van der Waals surface area (Å²) in [5.74, 6) is -2.05. The van der Waals surface area contributed by atoms with Crippen molar-refractivity contribution in [3.63, 3.8) is 0 Å². The number of amides is 2. The molecule has 3 aliphatic rings. The number of nitrogens with zero attached hydrogens (tertiary/aromatic N) is 4. The zero-order valence-corrected chi connectivity index (χ0v) is 23.5. The van der Waals surface area contributed by atoms with E-state index >= 15 is 0 Å². The quantitative estimate of drug-likeness (QED) is 0.380. The lowest BCUT2D eigenvalue weighted by atomic mass is 10.2. The number of aliphatic imine (C=N–C) groups is 2. The van der Waals surface area contributed by atoms with E-state index in [1.54, 1.807) is 26.0 Å². The molecule has 0 bridgehead atoms. The molecule has 12 nitrogen and oxygen atoms in total. The summed E-state index contributed by atoms with van der Waals surface area (Å²) in [4.78, 5) is 55.6. The van der Waals surface area contributed by atoms with Crippen LogP contribution >= 0.6 is 0 Å². The zero-order valence-electron chi connectivity index (χ0n) is 23.5. The third-order valence-electron chi connectivity index (χ3n) is 6.02. The van der Waals surface area contributed by atoms with Crippen LogP contribution in [0.3, 0.4) is 0 Å². The largest absolute Gasteiger partial charge is 0.480 e. The first-order valence-electron chi connectivity index (χ1n) is 13.3. The molecule has 2 amide bonds. The van der Waals surface area contributed by atoms with Crippen LogP contribution in [0, 0.1) is 0 Å². The molecule has 1 fully saturated rings. The topological polar surface area (TPSA) is 164 Å².